The minimum absolute atomic E-state index is 0.0625. The van der Waals surface area contributed by atoms with Gasteiger partial charge in [-0.05, 0) is 36.4 Å². The molecule has 1 saturated heterocycles. The van der Waals surface area contributed by atoms with Gasteiger partial charge in [0.25, 0.3) is 11.5 Å². The highest BCUT2D eigenvalue weighted by Gasteiger charge is 2.32. The lowest BCUT2D eigenvalue weighted by Crippen LogP contribution is -2.37. The largest absolute Gasteiger partial charge is 0.332 e. The van der Waals surface area contributed by atoms with E-state index in [9.17, 15) is 14.4 Å². The number of hydrogen-bond donors (Lipinski definition) is 0. The third-order valence-electron chi connectivity index (χ3n) is 4.91. The zero-order valence-electron chi connectivity index (χ0n) is 14.5. The number of thiophene rings is 1. The van der Waals surface area contributed by atoms with Crippen molar-refractivity contribution >= 4 is 28.3 Å². The number of carbonyl (C=O) groups is 1. The van der Waals surface area contributed by atoms with Crippen molar-refractivity contribution in [3.05, 3.63) is 61.1 Å². The molecule has 1 aliphatic rings. The normalized spacial score (nSPS) is 17.2. The molecule has 4 rings (SSSR count). The summed E-state index contributed by atoms with van der Waals surface area (Å²) in [7, 11) is 2.98. The SMILES string of the molecule is Cn1c(=O)c2ccc(C(=O)N3CCCC3c3cccs3)nc2n(C)c1=O. The van der Waals surface area contributed by atoms with Crippen molar-refractivity contribution in [2.24, 2.45) is 14.1 Å². The Labute approximate surface area is 153 Å². The van der Waals surface area contributed by atoms with Crippen molar-refractivity contribution in [3.8, 4) is 0 Å². The average molecular weight is 370 g/mol. The van der Waals surface area contributed by atoms with Crippen molar-refractivity contribution < 1.29 is 4.79 Å². The molecule has 7 nitrogen and oxygen atoms in total. The predicted octanol–water partition coefficient (Wildman–Crippen LogP) is 1.67. The van der Waals surface area contributed by atoms with E-state index in [4.69, 9.17) is 0 Å². The van der Waals surface area contributed by atoms with Crippen LogP contribution in [0.15, 0.2) is 39.2 Å². The highest BCUT2D eigenvalue weighted by atomic mass is 32.1. The summed E-state index contributed by atoms with van der Waals surface area (Å²) in [5, 5.41) is 2.33. The highest BCUT2D eigenvalue weighted by molar-refractivity contribution is 7.10. The molecule has 1 unspecified atom stereocenters. The Balaban J connectivity index is 1.78. The third kappa shape index (κ3) is 2.48. The lowest BCUT2D eigenvalue weighted by atomic mass is 10.1. The number of amides is 1. The molecule has 0 aliphatic carbocycles. The average Bonchev–Trinajstić information content (AvgIpc) is 3.34. The Morgan fingerprint density at radius 1 is 1.19 bits per heavy atom. The maximum Gasteiger partial charge on any atom is 0.332 e. The van der Waals surface area contributed by atoms with Gasteiger partial charge in [0.1, 0.15) is 11.3 Å². The molecular formula is C18H18N4O3S. The minimum Gasteiger partial charge on any atom is -0.329 e. The number of pyridine rings is 1. The summed E-state index contributed by atoms with van der Waals surface area (Å²) >= 11 is 1.64. The van der Waals surface area contributed by atoms with Gasteiger partial charge in [-0.3, -0.25) is 18.7 Å². The molecule has 3 aromatic rings. The Kier molecular flexibility index (Phi) is 3.99. The fourth-order valence-electron chi connectivity index (χ4n) is 3.51. The van der Waals surface area contributed by atoms with Crippen LogP contribution in [0, 0.1) is 0 Å². The summed E-state index contributed by atoms with van der Waals surface area (Å²) in [6.07, 6.45) is 1.87. The molecule has 1 fully saturated rings. The molecule has 0 saturated carbocycles. The lowest BCUT2D eigenvalue weighted by molar-refractivity contribution is 0.0732. The molecule has 0 bridgehead atoms. The molecular weight excluding hydrogens is 352 g/mol. The summed E-state index contributed by atoms with van der Waals surface area (Å²) in [4.78, 5) is 44.8. The first-order valence-electron chi connectivity index (χ1n) is 8.40. The molecule has 0 N–H and O–H groups in total. The van der Waals surface area contributed by atoms with Crippen LogP contribution in [-0.2, 0) is 14.1 Å². The highest BCUT2D eigenvalue weighted by Crippen LogP contribution is 2.35. The molecule has 0 spiro atoms. The van der Waals surface area contributed by atoms with Crippen molar-refractivity contribution in [1.82, 2.24) is 19.0 Å². The fraction of sp³-hybridized carbons (Fsp3) is 0.333. The van der Waals surface area contributed by atoms with Crippen molar-refractivity contribution in [2.45, 2.75) is 18.9 Å². The zero-order valence-corrected chi connectivity index (χ0v) is 15.3. The second-order valence-corrected chi connectivity index (χ2v) is 7.42. The van der Waals surface area contributed by atoms with E-state index in [1.165, 1.54) is 11.6 Å². The number of nitrogens with zero attached hydrogens (tertiary/aromatic N) is 4. The van der Waals surface area contributed by atoms with Crippen LogP contribution in [0.5, 0.6) is 0 Å². The molecule has 1 amide bonds. The van der Waals surface area contributed by atoms with Gasteiger partial charge in [-0.25, -0.2) is 9.78 Å². The van der Waals surface area contributed by atoms with Crippen LogP contribution in [0.25, 0.3) is 11.0 Å². The third-order valence-corrected chi connectivity index (χ3v) is 5.88. The van der Waals surface area contributed by atoms with Crippen LogP contribution < -0.4 is 11.2 Å². The molecule has 1 aliphatic heterocycles. The van der Waals surface area contributed by atoms with E-state index in [1.807, 2.05) is 22.4 Å². The zero-order chi connectivity index (χ0) is 18.4. The molecule has 4 heterocycles. The number of aromatic nitrogens is 3. The van der Waals surface area contributed by atoms with Crippen LogP contribution >= 0.6 is 11.3 Å². The summed E-state index contributed by atoms with van der Waals surface area (Å²) in [6.45, 7) is 0.677. The molecule has 0 radical (unpaired) electrons. The number of carbonyl (C=O) groups excluding carboxylic acids is 1. The van der Waals surface area contributed by atoms with Gasteiger partial charge in [0.2, 0.25) is 0 Å². The van der Waals surface area contributed by atoms with E-state index in [-0.39, 0.29) is 23.3 Å². The van der Waals surface area contributed by atoms with E-state index in [2.05, 4.69) is 4.98 Å². The quantitative estimate of drug-likeness (QED) is 0.688. The molecule has 1 atom stereocenters. The number of rotatable bonds is 2. The molecule has 0 aromatic carbocycles. The van der Waals surface area contributed by atoms with Crippen LogP contribution in [0.4, 0.5) is 0 Å². The number of likely N-dealkylation sites (tertiary alicyclic amines) is 1. The second kappa shape index (κ2) is 6.21. The Morgan fingerprint density at radius 3 is 2.73 bits per heavy atom. The van der Waals surface area contributed by atoms with Crippen LogP contribution in [-0.4, -0.2) is 31.5 Å². The van der Waals surface area contributed by atoms with Gasteiger partial charge in [-0.1, -0.05) is 6.07 Å². The first-order valence-corrected chi connectivity index (χ1v) is 9.28. The van der Waals surface area contributed by atoms with E-state index in [0.29, 0.717) is 11.9 Å². The van der Waals surface area contributed by atoms with Gasteiger partial charge < -0.3 is 4.90 Å². The van der Waals surface area contributed by atoms with Crippen LogP contribution in [0.1, 0.15) is 34.2 Å². The first-order chi connectivity index (χ1) is 12.5. The molecule has 8 heteroatoms. The van der Waals surface area contributed by atoms with E-state index in [0.717, 1.165) is 22.3 Å². The summed E-state index contributed by atoms with van der Waals surface area (Å²) < 4.78 is 2.34. The standard InChI is InChI=1S/C18H18N4O3S/c1-20-15-11(16(23)21(2)18(20)25)7-8-12(19-15)17(24)22-9-3-5-13(22)14-6-4-10-26-14/h4,6-8,10,13H,3,5,9H2,1-2H3. The van der Waals surface area contributed by atoms with Gasteiger partial charge >= 0.3 is 5.69 Å². The van der Waals surface area contributed by atoms with Gasteiger partial charge in [-0.2, -0.15) is 0 Å². The maximum absolute atomic E-state index is 13.0. The van der Waals surface area contributed by atoms with Crippen molar-refractivity contribution in [3.63, 3.8) is 0 Å². The molecule has 134 valence electrons. The van der Waals surface area contributed by atoms with Crippen LogP contribution in [0.2, 0.25) is 0 Å². The predicted molar refractivity (Wildman–Crippen MR) is 99.6 cm³/mol. The topological polar surface area (TPSA) is 77.2 Å². The van der Waals surface area contributed by atoms with E-state index in [1.54, 1.807) is 30.5 Å². The fourth-order valence-corrected chi connectivity index (χ4v) is 4.38. The van der Waals surface area contributed by atoms with Crippen molar-refractivity contribution in [2.75, 3.05) is 6.54 Å². The van der Waals surface area contributed by atoms with E-state index >= 15 is 0 Å². The van der Waals surface area contributed by atoms with Crippen LogP contribution in [0.3, 0.4) is 0 Å². The van der Waals surface area contributed by atoms with Gasteiger partial charge in [0, 0.05) is 25.5 Å². The van der Waals surface area contributed by atoms with Crippen molar-refractivity contribution in [1.29, 1.82) is 0 Å². The minimum atomic E-state index is -0.461. The Bertz CT molecular complexity index is 1110. The smallest absolute Gasteiger partial charge is 0.329 e. The Morgan fingerprint density at radius 2 is 2.00 bits per heavy atom. The second-order valence-electron chi connectivity index (χ2n) is 6.45. The Hall–Kier alpha value is -2.74. The molecule has 3 aromatic heterocycles. The first kappa shape index (κ1) is 16.7. The summed E-state index contributed by atoms with van der Waals surface area (Å²) in [5.41, 5.74) is -0.385. The van der Waals surface area contributed by atoms with E-state index < -0.39 is 11.2 Å². The monoisotopic (exact) mass is 370 g/mol. The van der Waals surface area contributed by atoms with Gasteiger partial charge in [-0.15, -0.1) is 11.3 Å². The number of fused-ring (bicyclic) bond motifs is 1. The number of hydrogen-bond acceptors (Lipinski definition) is 5. The van der Waals surface area contributed by atoms with Gasteiger partial charge in [0.05, 0.1) is 11.4 Å². The summed E-state index contributed by atoms with van der Waals surface area (Å²) in [6, 6.07) is 7.24. The molecule has 26 heavy (non-hydrogen) atoms. The lowest BCUT2D eigenvalue weighted by Gasteiger charge is -2.23. The summed E-state index contributed by atoms with van der Waals surface area (Å²) in [5.74, 6) is -0.170. The number of aryl methyl sites for hydroxylation is 1. The maximum atomic E-state index is 13.0. The van der Waals surface area contributed by atoms with Gasteiger partial charge in [0.15, 0.2) is 0 Å².